The highest BCUT2D eigenvalue weighted by atomic mass is 79.9. The molecule has 0 aliphatic carbocycles. The monoisotopic (exact) mass is 330 g/mol. The maximum Gasteiger partial charge on any atom is 0.244 e. The molecular weight excluding hydrogens is 316 g/mol. The molecule has 4 N–H and O–H groups in total. The molecule has 2 rings (SSSR count). The summed E-state index contributed by atoms with van der Waals surface area (Å²) < 4.78 is 5.97. The van der Waals surface area contributed by atoms with Crippen LogP contribution in [0, 0.1) is 0 Å². The summed E-state index contributed by atoms with van der Waals surface area (Å²) >= 11 is 3.39. The number of halogens is 1. The van der Waals surface area contributed by atoms with E-state index in [0.717, 1.165) is 0 Å². The molecule has 104 valence electrons. The summed E-state index contributed by atoms with van der Waals surface area (Å²) in [6.45, 7) is 1.43. The van der Waals surface area contributed by atoms with Gasteiger partial charge in [0.1, 0.15) is 22.7 Å². The number of amides is 1. The molecule has 1 saturated heterocycles. The zero-order valence-electron chi connectivity index (χ0n) is 10.4. The minimum atomic E-state index is -0.421. The first-order valence-electron chi connectivity index (χ1n) is 5.72. The van der Waals surface area contributed by atoms with Crippen molar-refractivity contribution in [3.63, 3.8) is 0 Å². The summed E-state index contributed by atoms with van der Waals surface area (Å²) in [5.74, 6) is 6.33. The smallest absolute Gasteiger partial charge is 0.244 e. The Hall–Kier alpha value is -1.45. The van der Waals surface area contributed by atoms with Crippen molar-refractivity contribution in [2.75, 3.05) is 37.1 Å². The highest BCUT2D eigenvalue weighted by Gasteiger charge is 2.31. The van der Waals surface area contributed by atoms with Gasteiger partial charge in [-0.2, -0.15) is 0 Å². The first kappa shape index (κ1) is 14.0. The molecule has 0 saturated carbocycles. The molecule has 1 atom stereocenters. The van der Waals surface area contributed by atoms with Gasteiger partial charge in [-0.1, -0.05) is 0 Å². The number of morpholine rings is 1. The molecule has 2 heterocycles. The summed E-state index contributed by atoms with van der Waals surface area (Å²) in [7, 11) is 1.59. The van der Waals surface area contributed by atoms with Crippen molar-refractivity contribution in [2.45, 2.75) is 6.04 Å². The lowest BCUT2D eigenvalue weighted by Gasteiger charge is -2.35. The van der Waals surface area contributed by atoms with Crippen LogP contribution in [0.4, 0.5) is 11.6 Å². The van der Waals surface area contributed by atoms with E-state index >= 15 is 0 Å². The van der Waals surface area contributed by atoms with Gasteiger partial charge in [0.2, 0.25) is 5.91 Å². The third kappa shape index (κ3) is 2.77. The third-order valence-corrected chi connectivity index (χ3v) is 3.59. The molecule has 1 fully saturated rings. The van der Waals surface area contributed by atoms with Gasteiger partial charge in [0, 0.05) is 13.6 Å². The van der Waals surface area contributed by atoms with E-state index in [4.69, 9.17) is 10.6 Å². The van der Waals surface area contributed by atoms with Crippen LogP contribution < -0.4 is 21.5 Å². The molecule has 1 amide bonds. The third-order valence-electron chi connectivity index (χ3n) is 2.86. The molecule has 1 unspecified atom stereocenters. The Bertz CT molecular complexity index is 471. The first-order valence-corrected chi connectivity index (χ1v) is 6.51. The number of hydrogen-bond acceptors (Lipinski definition) is 7. The molecule has 0 radical (unpaired) electrons. The topological polar surface area (TPSA) is 105 Å². The van der Waals surface area contributed by atoms with Crippen LogP contribution in [0.25, 0.3) is 0 Å². The number of nitrogens with zero attached hydrogens (tertiary/aromatic N) is 3. The van der Waals surface area contributed by atoms with Crippen LogP contribution >= 0.6 is 15.9 Å². The van der Waals surface area contributed by atoms with Gasteiger partial charge < -0.3 is 20.4 Å². The number of ether oxygens (including phenoxy) is 1. The molecule has 0 spiro atoms. The number of carbonyl (C=O) groups is 1. The SMILES string of the molecule is CNC(=O)C1COCCN1c1ncnc(NN)c1Br. The van der Waals surface area contributed by atoms with Gasteiger partial charge in [-0.15, -0.1) is 0 Å². The molecule has 1 aromatic heterocycles. The van der Waals surface area contributed by atoms with Gasteiger partial charge in [-0.05, 0) is 15.9 Å². The largest absolute Gasteiger partial charge is 0.377 e. The van der Waals surface area contributed by atoms with Crippen LogP contribution in [-0.4, -0.2) is 48.7 Å². The van der Waals surface area contributed by atoms with Crippen molar-refractivity contribution in [1.29, 1.82) is 0 Å². The van der Waals surface area contributed by atoms with E-state index in [2.05, 4.69) is 36.6 Å². The van der Waals surface area contributed by atoms with Crippen molar-refractivity contribution in [3.05, 3.63) is 10.8 Å². The minimum absolute atomic E-state index is 0.118. The Kier molecular flexibility index (Phi) is 4.51. The number of hydrogen-bond donors (Lipinski definition) is 3. The second-order valence-corrected chi connectivity index (χ2v) is 4.70. The fourth-order valence-corrected chi connectivity index (χ4v) is 2.45. The van der Waals surface area contributed by atoms with Gasteiger partial charge in [-0.3, -0.25) is 4.79 Å². The number of rotatable bonds is 3. The number of likely N-dealkylation sites (N-methyl/N-ethyl adjacent to an activating group) is 1. The van der Waals surface area contributed by atoms with Gasteiger partial charge in [0.25, 0.3) is 0 Å². The van der Waals surface area contributed by atoms with Crippen molar-refractivity contribution in [3.8, 4) is 0 Å². The maximum absolute atomic E-state index is 11.9. The molecule has 1 aliphatic rings. The van der Waals surface area contributed by atoms with Crippen LogP contribution in [0.5, 0.6) is 0 Å². The Morgan fingerprint density at radius 2 is 2.42 bits per heavy atom. The summed E-state index contributed by atoms with van der Waals surface area (Å²) in [4.78, 5) is 22.0. The molecule has 9 heteroatoms. The quantitative estimate of drug-likeness (QED) is 0.505. The van der Waals surface area contributed by atoms with Crippen LogP contribution in [0.1, 0.15) is 0 Å². The van der Waals surface area contributed by atoms with E-state index in [0.29, 0.717) is 35.9 Å². The van der Waals surface area contributed by atoms with Gasteiger partial charge in [0.05, 0.1) is 13.2 Å². The highest BCUT2D eigenvalue weighted by Crippen LogP contribution is 2.30. The number of aromatic nitrogens is 2. The average Bonchev–Trinajstić information content (AvgIpc) is 2.47. The molecule has 8 nitrogen and oxygen atoms in total. The van der Waals surface area contributed by atoms with Gasteiger partial charge >= 0.3 is 0 Å². The Morgan fingerprint density at radius 3 is 3.11 bits per heavy atom. The van der Waals surface area contributed by atoms with Crippen molar-refractivity contribution >= 4 is 33.5 Å². The molecule has 0 bridgehead atoms. The van der Waals surface area contributed by atoms with E-state index in [1.165, 1.54) is 6.33 Å². The highest BCUT2D eigenvalue weighted by molar-refractivity contribution is 9.10. The standard InChI is InChI=1S/C10H15BrN6O2/c1-13-10(18)6-4-19-3-2-17(6)9-7(11)8(16-12)14-5-15-9/h5-6H,2-4,12H2,1H3,(H,13,18)(H,14,15,16). The minimum Gasteiger partial charge on any atom is -0.377 e. The molecule has 1 aliphatic heterocycles. The number of hydrazine groups is 1. The summed E-state index contributed by atoms with van der Waals surface area (Å²) in [6.07, 6.45) is 1.39. The number of anilines is 2. The average molecular weight is 331 g/mol. The Balaban J connectivity index is 2.35. The number of nitrogen functional groups attached to an aromatic ring is 1. The number of nitrogens with one attached hydrogen (secondary N) is 2. The molecular formula is C10H15BrN6O2. The maximum atomic E-state index is 11.9. The summed E-state index contributed by atoms with van der Waals surface area (Å²) in [5, 5.41) is 2.62. The lowest BCUT2D eigenvalue weighted by Crippen LogP contribution is -2.53. The van der Waals surface area contributed by atoms with Gasteiger partial charge in [0.15, 0.2) is 5.82 Å². The molecule has 1 aromatic rings. The van der Waals surface area contributed by atoms with Crippen molar-refractivity contribution in [2.24, 2.45) is 5.84 Å². The van der Waals surface area contributed by atoms with E-state index in [-0.39, 0.29) is 5.91 Å². The predicted molar refractivity (Wildman–Crippen MR) is 73.6 cm³/mol. The number of carbonyl (C=O) groups excluding carboxylic acids is 1. The summed E-state index contributed by atoms with van der Waals surface area (Å²) in [6, 6.07) is -0.421. The molecule has 19 heavy (non-hydrogen) atoms. The van der Waals surface area contributed by atoms with Crippen LogP contribution in [0.2, 0.25) is 0 Å². The van der Waals surface area contributed by atoms with Crippen molar-refractivity contribution in [1.82, 2.24) is 15.3 Å². The second-order valence-electron chi connectivity index (χ2n) is 3.90. The van der Waals surface area contributed by atoms with Crippen LogP contribution in [0.3, 0.4) is 0 Å². The number of nitrogens with two attached hydrogens (primary N) is 1. The lowest BCUT2D eigenvalue weighted by atomic mass is 10.2. The molecule has 0 aromatic carbocycles. The Morgan fingerprint density at radius 1 is 1.63 bits per heavy atom. The zero-order valence-corrected chi connectivity index (χ0v) is 12.0. The van der Waals surface area contributed by atoms with Crippen LogP contribution in [-0.2, 0) is 9.53 Å². The predicted octanol–water partition coefficient (Wildman–Crippen LogP) is -0.524. The van der Waals surface area contributed by atoms with E-state index in [9.17, 15) is 4.79 Å². The fraction of sp³-hybridized carbons (Fsp3) is 0.500. The summed E-state index contributed by atoms with van der Waals surface area (Å²) in [5.41, 5.74) is 2.48. The van der Waals surface area contributed by atoms with E-state index < -0.39 is 6.04 Å². The van der Waals surface area contributed by atoms with Gasteiger partial charge in [-0.25, -0.2) is 15.8 Å². The van der Waals surface area contributed by atoms with Crippen molar-refractivity contribution < 1.29 is 9.53 Å². The van der Waals surface area contributed by atoms with Crippen LogP contribution in [0.15, 0.2) is 10.8 Å². The normalized spacial score (nSPS) is 19.1. The first-order chi connectivity index (χ1) is 9.19. The lowest BCUT2D eigenvalue weighted by molar-refractivity contribution is -0.124. The van der Waals surface area contributed by atoms with E-state index in [1.807, 2.05) is 4.90 Å². The fourth-order valence-electron chi connectivity index (χ4n) is 1.90. The Labute approximate surface area is 118 Å². The zero-order chi connectivity index (χ0) is 13.8. The van der Waals surface area contributed by atoms with E-state index in [1.54, 1.807) is 7.05 Å². The second kappa shape index (κ2) is 6.13.